The first-order valence-corrected chi connectivity index (χ1v) is 11.5. The molecule has 29 heavy (non-hydrogen) atoms. The molecule has 0 aliphatic heterocycles. The summed E-state index contributed by atoms with van der Waals surface area (Å²) in [5, 5.41) is 0. The Bertz CT molecular complexity index is 878. The van der Waals surface area contributed by atoms with Gasteiger partial charge in [0.05, 0.1) is 0 Å². The number of aryl methyl sites for hydroxylation is 1. The van der Waals surface area contributed by atoms with E-state index in [0.29, 0.717) is 0 Å². The van der Waals surface area contributed by atoms with Crippen LogP contribution >= 0.6 is 0 Å². The maximum Gasteiger partial charge on any atom is -0.00576 e. The lowest BCUT2D eigenvalue weighted by atomic mass is 9.78. The van der Waals surface area contributed by atoms with Crippen LogP contribution in [0.1, 0.15) is 102 Å². The highest BCUT2D eigenvalue weighted by molar-refractivity contribution is 5.84. The fourth-order valence-corrected chi connectivity index (χ4v) is 4.46. The third-order valence-electron chi connectivity index (χ3n) is 6.23. The summed E-state index contributed by atoms with van der Waals surface area (Å²) >= 11 is 0. The fourth-order valence-electron chi connectivity index (χ4n) is 4.46. The lowest BCUT2D eigenvalue weighted by Gasteiger charge is -2.27. The van der Waals surface area contributed by atoms with Crippen molar-refractivity contribution < 1.29 is 0 Å². The van der Waals surface area contributed by atoms with Crippen LogP contribution in [0, 0.1) is 0 Å². The Labute approximate surface area is 179 Å². The van der Waals surface area contributed by atoms with Gasteiger partial charge in [-0.3, -0.25) is 0 Å². The van der Waals surface area contributed by atoms with Gasteiger partial charge in [-0.2, -0.15) is 0 Å². The lowest BCUT2D eigenvalue weighted by molar-refractivity contribution is 0.569. The minimum Gasteiger partial charge on any atom is -0.0652 e. The monoisotopic (exact) mass is 388 g/mol. The molecule has 0 spiro atoms. The number of hydrogen-bond donors (Lipinski definition) is 0. The third-order valence-corrected chi connectivity index (χ3v) is 6.23. The normalized spacial score (nSPS) is 14.1. The Morgan fingerprint density at radius 1 is 0.759 bits per heavy atom. The second-order valence-corrected chi connectivity index (χ2v) is 11.0. The van der Waals surface area contributed by atoms with Crippen LogP contribution in [0.2, 0.25) is 0 Å². The molecule has 1 aliphatic carbocycles. The van der Waals surface area contributed by atoms with E-state index in [4.69, 9.17) is 0 Å². The molecule has 0 bridgehead atoms. The molecule has 0 amide bonds. The minimum absolute atomic E-state index is 0.141. The Morgan fingerprint density at radius 2 is 1.34 bits per heavy atom. The summed E-state index contributed by atoms with van der Waals surface area (Å²) < 4.78 is 0. The van der Waals surface area contributed by atoms with E-state index in [1.54, 1.807) is 5.57 Å². The molecule has 0 saturated carbocycles. The maximum absolute atomic E-state index is 2.51. The summed E-state index contributed by atoms with van der Waals surface area (Å²) in [4.78, 5) is 0. The van der Waals surface area contributed by atoms with E-state index in [1.807, 2.05) is 0 Å². The zero-order valence-electron chi connectivity index (χ0n) is 20.0. The van der Waals surface area contributed by atoms with Crippen LogP contribution in [-0.4, -0.2) is 0 Å². The Kier molecular flexibility index (Phi) is 6.13. The molecule has 0 atom stereocenters. The second-order valence-electron chi connectivity index (χ2n) is 11.0. The zero-order valence-corrected chi connectivity index (χ0v) is 20.0. The molecule has 3 rings (SSSR count). The van der Waals surface area contributed by atoms with Crippen molar-refractivity contribution in [2.75, 3.05) is 0 Å². The average molecular weight is 389 g/mol. The molecule has 0 N–H and O–H groups in total. The van der Waals surface area contributed by atoms with Crippen LogP contribution < -0.4 is 0 Å². The van der Waals surface area contributed by atoms with Gasteiger partial charge in [0.15, 0.2) is 0 Å². The van der Waals surface area contributed by atoms with E-state index < -0.39 is 0 Å². The molecule has 0 radical (unpaired) electrons. The van der Waals surface area contributed by atoms with E-state index in [-0.39, 0.29) is 10.8 Å². The average Bonchev–Trinajstić information content (AvgIpc) is 3.03. The molecule has 0 unspecified atom stereocenters. The number of fused-ring (bicyclic) bond motifs is 1. The molecule has 0 nitrogen and oxygen atoms in total. The van der Waals surface area contributed by atoms with Crippen LogP contribution in [0.25, 0.3) is 17.2 Å². The molecule has 0 heterocycles. The van der Waals surface area contributed by atoms with Gasteiger partial charge >= 0.3 is 0 Å². The van der Waals surface area contributed by atoms with Crippen LogP contribution in [0.5, 0.6) is 0 Å². The molecule has 156 valence electrons. The topological polar surface area (TPSA) is 0 Å². The van der Waals surface area contributed by atoms with E-state index in [9.17, 15) is 0 Å². The highest BCUT2D eigenvalue weighted by Crippen LogP contribution is 2.41. The fraction of sp³-hybridized carbons (Fsp3) is 0.517. The van der Waals surface area contributed by atoms with E-state index in [2.05, 4.69) is 91.8 Å². The van der Waals surface area contributed by atoms with Crippen molar-refractivity contribution in [2.24, 2.45) is 0 Å². The highest BCUT2D eigenvalue weighted by atomic mass is 14.3. The summed E-state index contributed by atoms with van der Waals surface area (Å²) in [7, 11) is 0. The molecule has 1 aliphatic rings. The van der Waals surface area contributed by atoms with Gasteiger partial charge in [0, 0.05) is 0 Å². The van der Waals surface area contributed by atoms with E-state index >= 15 is 0 Å². The SMILES string of the molecule is CCCC1=Cc2c(ccc(CCC)c2-c2cc(C(C)(C)C)cc(C(C)(C)C)c2)C1. The van der Waals surface area contributed by atoms with Crippen LogP contribution in [0.3, 0.4) is 0 Å². The predicted molar refractivity (Wildman–Crippen MR) is 130 cm³/mol. The Morgan fingerprint density at radius 3 is 1.86 bits per heavy atom. The molecule has 2 aromatic rings. The summed E-state index contributed by atoms with van der Waals surface area (Å²) in [6.45, 7) is 18.6. The van der Waals surface area contributed by atoms with Crippen LogP contribution in [0.4, 0.5) is 0 Å². The number of benzene rings is 2. The van der Waals surface area contributed by atoms with Crippen molar-refractivity contribution in [1.29, 1.82) is 0 Å². The Hall–Kier alpha value is -1.82. The molecular weight excluding hydrogens is 348 g/mol. The van der Waals surface area contributed by atoms with Crippen molar-refractivity contribution in [3.8, 4) is 11.1 Å². The maximum atomic E-state index is 2.51. The standard InChI is InChI=1S/C29H40/c1-9-11-20-15-22-14-13-21(12-10-2)27(26(22)16-20)23-17-24(28(3,4)5)19-25(18-23)29(6,7)8/h13-14,16-19H,9-12,15H2,1-8H3. The highest BCUT2D eigenvalue weighted by Gasteiger charge is 2.24. The Balaban J connectivity index is 2.29. The van der Waals surface area contributed by atoms with E-state index in [0.717, 1.165) is 12.8 Å². The quantitative estimate of drug-likeness (QED) is 0.481. The summed E-state index contributed by atoms with van der Waals surface area (Å²) in [6, 6.07) is 12.2. The first-order chi connectivity index (χ1) is 13.5. The molecule has 0 aromatic heterocycles. The minimum atomic E-state index is 0.141. The van der Waals surface area contributed by atoms with Gasteiger partial charge in [-0.1, -0.05) is 110 Å². The smallest absolute Gasteiger partial charge is 0.00576 e. The van der Waals surface area contributed by atoms with Gasteiger partial charge in [-0.05, 0) is 69.0 Å². The first-order valence-electron chi connectivity index (χ1n) is 11.5. The molecule has 0 fully saturated rings. The van der Waals surface area contributed by atoms with Gasteiger partial charge in [-0.15, -0.1) is 0 Å². The summed E-state index contributed by atoms with van der Waals surface area (Å²) in [5.74, 6) is 0. The molecule has 0 heteroatoms. The van der Waals surface area contributed by atoms with Crippen molar-refractivity contribution in [2.45, 2.75) is 98.3 Å². The lowest BCUT2D eigenvalue weighted by Crippen LogP contribution is -2.16. The van der Waals surface area contributed by atoms with Gasteiger partial charge < -0.3 is 0 Å². The van der Waals surface area contributed by atoms with Crippen LogP contribution in [-0.2, 0) is 23.7 Å². The number of allylic oxidation sites excluding steroid dienone is 1. The predicted octanol–water partition coefficient (Wildman–Crippen LogP) is 8.64. The zero-order chi connectivity index (χ0) is 21.4. The van der Waals surface area contributed by atoms with Gasteiger partial charge in [0.25, 0.3) is 0 Å². The first kappa shape index (κ1) is 21.9. The van der Waals surface area contributed by atoms with Crippen molar-refractivity contribution in [3.63, 3.8) is 0 Å². The van der Waals surface area contributed by atoms with Crippen molar-refractivity contribution >= 4 is 6.08 Å². The number of hydrogen-bond acceptors (Lipinski definition) is 0. The van der Waals surface area contributed by atoms with Crippen LogP contribution in [0.15, 0.2) is 35.9 Å². The van der Waals surface area contributed by atoms with Gasteiger partial charge in [0.1, 0.15) is 0 Å². The molecular formula is C29H40. The second kappa shape index (κ2) is 8.13. The van der Waals surface area contributed by atoms with Crippen molar-refractivity contribution in [1.82, 2.24) is 0 Å². The third kappa shape index (κ3) is 4.68. The van der Waals surface area contributed by atoms with E-state index in [1.165, 1.54) is 58.2 Å². The van der Waals surface area contributed by atoms with Crippen molar-refractivity contribution in [3.05, 3.63) is 63.7 Å². The number of rotatable bonds is 5. The van der Waals surface area contributed by atoms with Gasteiger partial charge in [-0.25, -0.2) is 0 Å². The van der Waals surface area contributed by atoms with Gasteiger partial charge in [0.2, 0.25) is 0 Å². The molecule has 2 aromatic carbocycles. The largest absolute Gasteiger partial charge is 0.0652 e. The molecule has 0 saturated heterocycles. The summed E-state index contributed by atoms with van der Waals surface area (Å²) in [6.07, 6.45) is 8.41. The summed E-state index contributed by atoms with van der Waals surface area (Å²) in [5.41, 5.74) is 12.2.